The van der Waals surface area contributed by atoms with Crippen molar-refractivity contribution in [3.8, 4) is 0 Å². The Bertz CT molecular complexity index is 944. The number of thiazole rings is 1. The summed E-state index contributed by atoms with van der Waals surface area (Å²) in [6.45, 7) is 3.08. The van der Waals surface area contributed by atoms with Gasteiger partial charge >= 0.3 is 0 Å². The Morgan fingerprint density at radius 2 is 2.00 bits per heavy atom. The third kappa shape index (κ3) is 5.08. The normalized spacial score (nSPS) is 15.9. The van der Waals surface area contributed by atoms with Gasteiger partial charge in [0.05, 0.1) is 10.2 Å². The van der Waals surface area contributed by atoms with Crippen LogP contribution in [0.4, 0.5) is 0 Å². The van der Waals surface area contributed by atoms with E-state index in [-0.39, 0.29) is 5.91 Å². The molecule has 0 aliphatic carbocycles. The molecule has 3 heterocycles. The largest absolute Gasteiger partial charge is 0.339 e. The van der Waals surface area contributed by atoms with Crippen LogP contribution < -0.4 is 0 Å². The van der Waals surface area contributed by atoms with Crippen LogP contribution in [0.25, 0.3) is 16.3 Å². The summed E-state index contributed by atoms with van der Waals surface area (Å²) in [5, 5.41) is 0.872. The van der Waals surface area contributed by atoms with Crippen LogP contribution in [-0.4, -0.2) is 58.4 Å². The molecule has 4 rings (SSSR count). The van der Waals surface area contributed by atoms with E-state index in [4.69, 9.17) is 0 Å². The molecular formula is C23H26N4OS. The summed E-state index contributed by atoms with van der Waals surface area (Å²) in [5.74, 6) is 0.0520. The van der Waals surface area contributed by atoms with Crippen molar-refractivity contribution in [2.24, 2.45) is 0 Å². The van der Waals surface area contributed by atoms with Crippen molar-refractivity contribution < 1.29 is 4.79 Å². The van der Waals surface area contributed by atoms with Crippen molar-refractivity contribution in [1.82, 2.24) is 19.8 Å². The maximum Gasteiger partial charge on any atom is 0.246 e. The van der Waals surface area contributed by atoms with Crippen LogP contribution in [0.1, 0.15) is 23.5 Å². The zero-order valence-electron chi connectivity index (χ0n) is 16.7. The highest BCUT2D eigenvalue weighted by Gasteiger charge is 2.24. The molecule has 1 saturated heterocycles. The second-order valence-electron chi connectivity index (χ2n) is 7.45. The summed E-state index contributed by atoms with van der Waals surface area (Å²) < 4.78 is 1.14. The highest BCUT2D eigenvalue weighted by molar-refractivity contribution is 7.19. The van der Waals surface area contributed by atoms with E-state index in [0.717, 1.165) is 59.8 Å². The SMILES string of the molecule is CN(C(=O)C=Cc1nc2ccccc2s1)C1CCN(CCc2ccccn2)CC1. The van der Waals surface area contributed by atoms with Gasteiger partial charge < -0.3 is 9.80 Å². The Kier molecular flexibility index (Phi) is 6.32. The van der Waals surface area contributed by atoms with Crippen LogP contribution in [0.2, 0.25) is 0 Å². The molecule has 1 aromatic carbocycles. The van der Waals surface area contributed by atoms with Crippen LogP contribution in [0.15, 0.2) is 54.7 Å². The van der Waals surface area contributed by atoms with E-state index in [2.05, 4.69) is 27.0 Å². The van der Waals surface area contributed by atoms with Crippen molar-refractivity contribution in [1.29, 1.82) is 0 Å². The number of nitrogens with zero attached hydrogens (tertiary/aromatic N) is 4. The molecule has 0 saturated carbocycles. The molecule has 1 aliphatic rings. The van der Waals surface area contributed by atoms with E-state index in [1.807, 2.05) is 54.6 Å². The first-order valence-electron chi connectivity index (χ1n) is 10.1. The molecular weight excluding hydrogens is 380 g/mol. The van der Waals surface area contributed by atoms with Gasteiger partial charge in [-0.25, -0.2) is 4.98 Å². The fourth-order valence-electron chi connectivity index (χ4n) is 3.75. The highest BCUT2D eigenvalue weighted by atomic mass is 32.1. The molecule has 29 heavy (non-hydrogen) atoms. The maximum absolute atomic E-state index is 12.6. The van der Waals surface area contributed by atoms with E-state index in [9.17, 15) is 4.79 Å². The molecule has 2 aromatic heterocycles. The Morgan fingerprint density at radius 3 is 2.76 bits per heavy atom. The zero-order valence-corrected chi connectivity index (χ0v) is 17.5. The monoisotopic (exact) mass is 406 g/mol. The number of likely N-dealkylation sites (N-methyl/N-ethyl adjacent to an activating group) is 1. The average Bonchev–Trinajstić information content (AvgIpc) is 3.20. The number of aromatic nitrogens is 2. The standard InChI is InChI=1S/C23H26N4OS/c1-26(23(28)10-9-22-25-20-7-2-3-8-21(20)29-22)19-12-16-27(17-13-19)15-11-18-6-4-5-14-24-18/h2-10,14,19H,11-13,15-17H2,1H3. The Labute approximate surface area is 175 Å². The first-order valence-corrected chi connectivity index (χ1v) is 10.9. The fourth-order valence-corrected chi connectivity index (χ4v) is 4.62. The number of carbonyl (C=O) groups excluding carboxylic acids is 1. The van der Waals surface area contributed by atoms with Crippen molar-refractivity contribution in [2.75, 3.05) is 26.7 Å². The molecule has 0 spiro atoms. The smallest absolute Gasteiger partial charge is 0.246 e. The average molecular weight is 407 g/mol. The maximum atomic E-state index is 12.6. The van der Waals surface area contributed by atoms with Gasteiger partial charge in [0.1, 0.15) is 5.01 Å². The summed E-state index contributed by atoms with van der Waals surface area (Å²) in [6.07, 6.45) is 8.35. The number of rotatable bonds is 6. The quantitative estimate of drug-likeness (QED) is 0.583. The molecule has 1 amide bonds. The number of hydrogen-bond donors (Lipinski definition) is 0. The molecule has 5 nitrogen and oxygen atoms in total. The van der Waals surface area contributed by atoms with E-state index in [1.54, 1.807) is 17.4 Å². The van der Waals surface area contributed by atoms with Gasteiger partial charge in [-0.2, -0.15) is 0 Å². The minimum atomic E-state index is 0.0520. The lowest BCUT2D eigenvalue weighted by Gasteiger charge is -2.36. The number of para-hydroxylation sites is 1. The fraction of sp³-hybridized carbons (Fsp3) is 0.348. The first kappa shape index (κ1) is 19.7. The molecule has 0 radical (unpaired) electrons. The zero-order chi connectivity index (χ0) is 20.1. The second kappa shape index (κ2) is 9.29. The predicted molar refractivity (Wildman–Crippen MR) is 119 cm³/mol. The van der Waals surface area contributed by atoms with Crippen molar-refractivity contribution >= 4 is 33.5 Å². The molecule has 0 bridgehead atoms. The first-order chi connectivity index (χ1) is 14.2. The lowest BCUT2D eigenvalue weighted by atomic mass is 10.0. The Balaban J connectivity index is 1.26. The number of amides is 1. The summed E-state index contributed by atoms with van der Waals surface area (Å²) in [4.78, 5) is 25.9. The van der Waals surface area contributed by atoms with Gasteiger partial charge in [-0.3, -0.25) is 9.78 Å². The van der Waals surface area contributed by atoms with E-state index in [0.29, 0.717) is 6.04 Å². The number of pyridine rings is 1. The number of benzene rings is 1. The van der Waals surface area contributed by atoms with Gasteiger partial charge in [-0.1, -0.05) is 18.2 Å². The highest BCUT2D eigenvalue weighted by Crippen LogP contribution is 2.22. The molecule has 1 fully saturated rings. The van der Waals surface area contributed by atoms with Crippen LogP contribution >= 0.6 is 11.3 Å². The topological polar surface area (TPSA) is 49.3 Å². The van der Waals surface area contributed by atoms with Crippen LogP contribution in [0.3, 0.4) is 0 Å². The minimum Gasteiger partial charge on any atom is -0.339 e. The summed E-state index contributed by atoms with van der Waals surface area (Å²) in [5.41, 5.74) is 2.12. The van der Waals surface area contributed by atoms with Crippen molar-refractivity contribution in [3.63, 3.8) is 0 Å². The summed E-state index contributed by atoms with van der Waals surface area (Å²) in [6, 6.07) is 14.4. The molecule has 0 unspecified atom stereocenters. The Hall–Kier alpha value is -2.57. The van der Waals surface area contributed by atoms with Crippen molar-refractivity contribution in [3.05, 3.63) is 65.4 Å². The number of likely N-dealkylation sites (tertiary alicyclic amines) is 1. The summed E-state index contributed by atoms with van der Waals surface area (Å²) in [7, 11) is 1.92. The summed E-state index contributed by atoms with van der Waals surface area (Å²) >= 11 is 1.61. The van der Waals surface area contributed by atoms with Gasteiger partial charge in [0.2, 0.25) is 5.91 Å². The predicted octanol–water partition coefficient (Wildman–Crippen LogP) is 3.87. The molecule has 0 N–H and O–H groups in total. The van der Waals surface area contributed by atoms with E-state index < -0.39 is 0 Å². The van der Waals surface area contributed by atoms with Gasteiger partial charge in [-0.15, -0.1) is 11.3 Å². The van der Waals surface area contributed by atoms with Crippen LogP contribution in [0, 0.1) is 0 Å². The van der Waals surface area contributed by atoms with E-state index in [1.165, 1.54) is 0 Å². The number of piperidine rings is 1. The van der Waals surface area contributed by atoms with Gasteiger partial charge in [-0.05, 0) is 43.2 Å². The third-order valence-electron chi connectivity index (χ3n) is 5.54. The third-order valence-corrected chi connectivity index (χ3v) is 6.54. The minimum absolute atomic E-state index is 0.0520. The lowest BCUT2D eigenvalue weighted by molar-refractivity contribution is -0.127. The molecule has 150 valence electrons. The molecule has 0 atom stereocenters. The van der Waals surface area contributed by atoms with E-state index >= 15 is 0 Å². The van der Waals surface area contributed by atoms with Gasteiger partial charge in [0.25, 0.3) is 0 Å². The van der Waals surface area contributed by atoms with Gasteiger partial charge in [0, 0.05) is 57.1 Å². The van der Waals surface area contributed by atoms with Crippen molar-refractivity contribution in [2.45, 2.75) is 25.3 Å². The number of carbonyl (C=O) groups is 1. The number of fused-ring (bicyclic) bond motifs is 1. The number of hydrogen-bond acceptors (Lipinski definition) is 5. The molecule has 6 heteroatoms. The molecule has 1 aliphatic heterocycles. The van der Waals surface area contributed by atoms with Gasteiger partial charge in [0.15, 0.2) is 0 Å². The molecule has 3 aromatic rings. The Morgan fingerprint density at radius 1 is 1.21 bits per heavy atom. The van der Waals surface area contributed by atoms with Crippen LogP contribution in [0.5, 0.6) is 0 Å². The lowest BCUT2D eigenvalue weighted by Crippen LogP contribution is -2.45. The second-order valence-corrected chi connectivity index (χ2v) is 8.51. The van der Waals surface area contributed by atoms with Crippen LogP contribution in [-0.2, 0) is 11.2 Å².